The van der Waals surface area contributed by atoms with E-state index in [1.807, 2.05) is 24.3 Å². The summed E-state index contributed by atoms with van der Waals surface area (Å²) in [6, 6.07) is 7.71. The first-order valence-electron chi connectivity index (χ1n) is 7.23. The van der Waals surface area contributed by atoms with E-state index < -0.39 is 11.4 Å². The molecule has 0 saturated carbocycles. The normalized spacial score (nSPS) is 20.9. The number of hydrogen-bond donors (Lipinski definition) is 1. The van der Waals surface area contributed by atoms with Crippen molar-refractivity contribution in [3.8, 4) is 5.75 Å². The molecule has 1 unspecified atom stereocenters. The number of benzene rings is 1. The average molecular weight is 323 g/mol. The molecule has 1 N–H and O–H groups in total. The Kier molecular flexibility index (Phi) is 5.34. The van der Waals surface area contributed by atoms with Gasteiger partial charge in [-0.15, -0.1) is 11.8 Å². The van der Waals surface area contributed by atoms with Crippen molar-refractivity contribution in [2.45, 2.75) is 24.7 Å². The molecule has 1 aliphatic heterocycles. The standard InChI is InChI=1S/C16H21NO4S/c1-16(15(19)20)8-9-17(11-16)14(18)7-10-22-13-5-3-12(21-2)4-6-13/h3-6H,7-11H2,1-2H3,(H,19,20). The van der Waals surface area contributed by atoms with Crippen molar-refractivity contribution < 1.29 is 19.4 Å². The van der Waals surface area contributed by atoms with Crippen LogP contribution in [0.2, 0.25) is 0 Å². The van der Waals surface area contributed by atoms with Crippen molar-refractivity contribution >= 4 is 23.6 Å². The van der Waals surface area contributed by atoms with Crippen LogP contribution in [-0.4, -0.2) is 47.8 Å². The molecule has 120 valence electrons. The number of hydrogen-bond acceptors (Lipinski definition) is 4. The lowest BCUT2D eigenvalue weighted by atomic mass is 9.90. The van der Waals surface area contributed by atoms with Crippen LogP contribution < -0.4 is 4.74 Å². The topological polar surface area (TPSA) is 66.8 Å². The summed E-state index contributed by atoms with van der Waals surface area (Å²) in [7, 11) is 1.63. The van der Waals surface area contributed by atoms with Gasteiger partial charge in [0.25, 0.3) is 0 Å². The largest absolute Gasteiger partial charge is 0.497 e. The summed E-state index contributed by atoms with van der Waals surface area (Å²) in [5, 5.41) is 9.19. The predicted octanol–water partition coefficient (Wildman–Crippen LogP) is 2.50. The molecule has 0 spiro atoms. The molecule has 0 aliphatic carbocycles. The van der Waals surface area contributed by atoms with Crippen LogP contribution in [-0.2, 0) is 9.59 Å². The molecule has 1 aromatic rings. The number of aliphatic carboxylic acids is 1. The van der Waals surface area contributed by atoms with Gasteiger partial charge in [-0.1, -0.05) is 0 Å². The molecule has 1 amide bonds. The van der Waals surface area contributed by atoms with Crippen molar-refractivity contribution in [2.75, 3.05) is 26.0 Å². The van der Waals surface area contributed by atoms with Crippen molar-refractivity contribution in [3.05, 3.63) is 24.3 Å². The molecule has 6 heteroatoms. The van der Waals surface area contributed by atoms with Crippen molar-refractivity contribution in [3.63, 3.8) is 0 Å². The Balaban J connectivity index is 1.77. The molecular formula is C16H21NO4S. The molecule has 2 rings (SSSR count). The summed E-state index contributed by atoms with van der Waals surface area (Å²) < 4.78 is 5.10. The molecule has 1 saturated heterocycles. The van der Waals surface area contributed by atoms with E-state index in [1.54, 1.807) is 30.7 Å². The van der Waals surface area contributed by atoms with Gasteiger partial charge in [0, 0.05) is 30.2 Å². The molecule has 5 nitrogen and oxygen atoms in total. The number of ether oxygens (including phenoxy) is 1. The highest BCUT2D eigenvalue weighted by Gasteiger charge is 2.41. The molecule has 1 aliphatic rings. The van der Waals surface area contributed by atoms with Gasteiger partial charge in [0.15, 0.2) is 0 Å². The number of amides is 1. The molecule has 1 fully saturated rings. The highest BCUT2D eigenvalue weighted by Crippen LogP contribution is 2.30. The molecule has 0 aromatic heterocycles. The van der Waals surface area contributed by atoms with Gasteiger partial charge >= 0.3 is 5.97 Å². The number of methoxy groups -OCH3 is 1. The lowest BCUT2D eigenvalue weighted by Crippen LogP contribution is -2.34. The third-order valence-corrected chi connectivity index (χ3v) is 5.00. The fraction of sp³-hybridized carbons (Fsp3) is 0.500. The second-order valence-electron chi connectivity index (χ2n) is 5.71. The fourth-order valence-electron chi connectivity index (χ4n) is 2.43. The zero-order valence-electron chi connectivity index (χ0n) is 12.9. The summed E-state index contributed by atoms with van der Waals surface area (Å²) in [5.74, 6) is 0.706. The van der Waals surface area contributed by atoms with E-state index in [-0.39, 0.29) is 5.91 Å². The van der Waals surface area contributed by atoms with Crippen LogP contribution in [0.4, 0.5) is 0 Å². The summed E-state index contributed by atoms with van der Waals surface area (Å²) in [6.07, 6.45) is 0.950. The number of carboxylic acids is 1. The monoisotopic (exact) mass is 323 g/mol. The third-order valence-electron chi connectivity index (χ3n) is 3.99. The smallest absolute Gasteiger partial charge is 0.311 e. The fourth-order valence-corrected chi connectivity index (χ4v) is 3.28. The average Bonchev–Trinajstić information content (AvgIpc) is 2.92. The van der Waals surface area contributed by atoms with Crippen LogP contribution in [0.15, 0.2) is 29.2 Å². The molecule has 0 radical (unpaired) electrons. The molecule has 1 heterocycles. The molecule has 0 bridgehead atoms. The van der Waals surface area contributed by atoms with Gasteiger partial charge in [-0.05, 0) is 37.6 Å². The van der Waals surface area contributed by atoms with Gasteiger partial charge in [0.2, 0.25) is 5.91 Å². The van der Waals surface area contributed by atoms with Gasteiger partial charge in [-0.3, -0.25) is 9.59 Å². The van der Waals surface area contributed by atoms with Crippen LogP contribution in [0.3, 0.4) is 0 Å². The minimum Gasteiger partial charge on any atom is -0.497 e. The van der Waals surface area contributed by atoms with Crippen LogP contribution in [0.1, 0.15) is 19.8 Å². The van der Waals surface area contributed by atoms with E-state index in [4.69, 9.17) is 4.74 Å². The van der Waals surface area contributed by atoms with Crippen LogP contribution in [0, 0.1) is 5.41 Å². The van der Waals surface area contributed by atoms with Crippen LogP contribution in [0.5, 0.6) is 5.75 Å². The molecule has 1 atom stereocenters. The number of carbonyl (C=O) groups is 2. The van der Waals surface area contributed by atoms with Crippen molar-refractivity contribution in [1.82, 2.24) is 4.90 Å². The summed E-state index contributed by atoms with van der Waals surface area (Å²) >= 11 is 1.61. The van der Waals surface area contributed by atoms with Crippen LogP contribution >= 0.6 is 11.8 Å². The van der Waals surface area contributed by atoms with Crippen LogP contribution in [0.25, 0.3) is 0 Å². The van der Waals surface area contributed by atoms with E-state index in [1.165, 1.54) is 0 Å². The Labute approximate surface area is 134 Å². The SMILES string of the molecule is COc1ccc(SCCC(=O)N2CCC(C)(C(=O)O)C2)cc1. The zero-order valence-corrected chi connectivity index (χ0v) is 13.7. The van der Waals surface area contributed by atoms with Gasteiger partial charge < -0.3 is 14.7 Å². The highest BCUT2D eigenvalue weighted by atomic mass is 32.2. The number of carbonyl (C=O) groups excluding carboxylic acids is 1. The summed E-state index contributed by atoms with van der Waals surface area (Å²) in [4.78, 5) is 26.1. The number of nitrogens with zero attached hydrogens (tertiary/aromatic N) is 1. The first kappa shape index (κ1) is 16.7. The Morgan fingerprint density at radius 2 is 2.05 bits per heavy atom. The Morgan fingerprint density at radius 1 is 1.36 bits per heavy atom. The lowest BCUT2D eigenvalue weighted by Gasteiger charge is -2.20. The maximum atomic E-state index is 12.1. The van der Waals surface area contributed by atoms with E-state index >= 15 is 0 Å². The Hall–Kier alpha value is -1.69. The second kappa shape index (κ2) is 7.05. The van der Waals surface area contributed by atoms with E-state index in [9.17, 15) is 14.7 Å². The zero-order chi connectivity index (χ0) is 16.2. The van der Waals surface area contributed by atoms with Crippen molar-refractivity contribution in [1.29, 1.82) is 0 Å². The van der Waals surface area contributed by atoms with E-state index in [2.05, 4.69) is 0 Å². The van der Waals surface area contributed by atoms with E-state index in [0.29, 0.717) is 31.7 Å². The summed E-state index contributed by atoms with van der Waals surface area (Å²) in [5.41, 5.74) is -0.793. The Morgan fingerprint density at radius 3 is 2.59 bits per heavy atom. The van der Waals surface area contributed by atoms with Gasteiger partial charge in [0.05, 0.1) is 12.5 Å². The molecule has 22 heavy (non-hydrogen) atoms. The number of carboxylic acid groups (broad SMARTS) is 1. The predicted molar refractivity (Wildman–Crippen MR) is 85.3 cm³/mol. The second-order valence-corrected chi connectivity index (χ2v) is 6.87. The minimum atomic E-state index is -0.824. The first-order chi connectivity index (χ1) is 10.4. The summed E-state index contributed by atoms with van der Waals surface area (Å²) in [6.45, 7) is 2.55. The maximum absolute atomic E-state index is 12.1. The number of rotatable bonds is 6. The lowest BCUT2D eigenvalue weighted by molar-refractivity contribution is -0.147. The third kappa shape index (κ3) is 3.94. The Bertz CT molecular complexity index is 546. The quantitative estimate of drug-likeness (QED) is 0.815. The maximum Gasteiger partial charge on any atom is 0.311 e. The number of likely N-dealkylation sites (tertiary alicyclic amines) is 1. The molecular weight excluding hydrogens is 302 g/mol. The number of thioether (sulfide) groups is 1. The van der Waals surface area contributed by atoms with Gasteiger partial charge in [-0.2, -0.15) is 0 Å². The minimum absolute atomic E-state index is 0.0333. The van der Waals surface area contributed by atoms with Crippen molar-refractivity contribution in [2.24, 2.45) is 5.41 Å². The van der Waals surface area contributed by atoms with E-state index in [0.717, 1.165) is 10.6 Å². The molecule has 1 aromatic carbocycles. The first-order valence-corrected chi connectivity index (χ1v) is 8.21. The van der Waals surface area contributed by atoms with Gasteiger partial charge in [0.1, 0.15) is 5.75 Å². The van der Waals surface area contributed by atoms with Gasteiger partial charge in [-0.25, -0.2) is 0 Å². The highest BCUT2D eigenvalue weighted by molar-refractivity contribution is 7.99.